The fourth-order valence-corrected chi connectivity index (χ4v) is 3.77. The van der Waals surface area contributed by atoms with Gasteiger partial charge < -0.3 is 10.1 Å². The third-order valence-electron chi connectivity index (χ3n) is 5.10. The zero-order valence-electron chi connectivity index (χ0n) is 14.9. The molecule has 0 radical (unpaired) electrons. The zero-order chi connectivity index (χ0) is 17.2. The molecule has 0 atom stereocenters. The molecule has 1 aromatic carbocycles. The van der Waals surface area contributed by atoms with E-state index in [1.165, 1.54) is 50.0 Å². The molecule has 1 saturated heterocycles. The summed E-state index contributed by atoms with van der Waals surface area (Å²) >= 11 is 0. The fourth-order valence-electron chi connectivity index (χ4n) is 3.77. The maximum absolute atomic E-state index is 6.02. The minimum atomic E-state index is 0.784. The number of nitrogen functional groups attached to an aromatic ring is 1. The van der Waals surface area contributed by atoms with Crippen molar-refractivity contribution in [3.05, 3.63) is 53.9 Å². The van der Waals surface area contributed by atoms with Gasteiger partial charge in [0.25, 0.3) is 0 Å². The minimum absolute atomic E-state index is 0.784. The van der Waals surface area contributed by atoms with Crippen LogP contribution in [0, 0.1) is 6.92 Å². The summed E-state index contributed by atoms with van der Waals surface area (Å²) in [6, 6.07) is 12.3. The van der Waals surface area contributed by atoms with Crippen molar-refractivity contribution in [3.8, 4) is 11.3 Å². The molecule has 3 heterocycles. The first-order chi connectivity index (χ1) is 12.2. The van der Waals surface area contributed by atoms with Gasteiger partial charge in [-0.05, 0) is 56.6 Å². The molecule has 0 unspecified atom stereocenters. The quantitative estimate of drug-likeness (QED) is 0.728. The van der Waals surface area contributed by atoms with Crippen molar-refractivity contribution in [2.75, 3.05) is 18.8 Å². The van der Waals surface area contributed by atoms with Gasteiger partial charge in [-0.1, -0.05) is 31.0 Å². The summed E-state index contributed by atoms with van der Waals surface area (Å²) in [6.07, 6.45) is 7.49. The summed E-state index contributed by atoms with van der Waals surface area (Å²) in [5, 5.41) is 0. The molecular formula is C21H26N4. The number of nitrogens with two attached hydrogens (primary N) is 1. The lowest BCUT2D eigenvalue weighted by Crippen LogP contribution is -2.25. The number of aryl methyl sites for hydroxylation is 1. The minimum Gasteiger partial charge on any atom is -0.399 e. The van der Waals surface area contributed by atoms with Gasteiger partial charge in [0, 0.05) is 24.0 Å². The highest BCUT2D eigenvalue weighted by Crippen LogP contribution is 2.28. The molecule has 2 N–H and O–H groups in total. The van der Waals surface area contributed by atoms with Gasteiger partial charge in [-0.3, -0.25) is 4.90 Å². The Morgan fingerprint density at radius 1 is 1.04 bits per heavy atom. The average Bonchev–Trinajstić information content (AvgIpc) is 2.78. The third kappa shape index (κ3) is 3.40. The Balaban J connectivity index is 1.81. The number of pyridine rings is 1. The second-order valence-electron chi connectivity index (χ2n) is 7.16. The van der Waals surface area contributed by atoms with Crippen LogP contribution in [0.2, 0.25) is 0 Å². The van der Waals surface area contributed by atoms with Crippen LogP contribution in [0.5, 0.6) is 0 Å². The van der Waals surface area contributed by atoms with Crippen LogP contribution in [0.4, 0.5) is 5.69 Å². The van der Waals surface area contributed by atoms with Crippen LogP contribution >= 0.6 is 0 Å². The molecule has 2 aromatic heterocycles. The molecule has 1 aliphatic heterocycles. The van der Waals surface area contributed by atoms with Crippen LogP contribution in [-0.4, -0.2) is 27.4 Å². The molecule has 0 bridgehead atoms. The Labute approximate surface area is 149 Å². The molecule has 3 aromatic rings. The summed E-state index contributed by atoms with van der Waals surface area (Å²) in [4.78, 5) is 7.51. The summed E-state index contributed by atoms with van der Waals surface area (Å²) < 4.78 is 2.26. The van der Waals surface area contributed by atoms with Crippen molar-refractivity contribution in [3.63, 3.8) is 0 Å². The Hall–Kier alpha value is -2.33. The van der Waals surface area contributed by atoms with Gasteiger partial charge in [0.2, 0.25) is 0 Å². The van der Waals surface area contributed by atoms with E-state index in [0.717, 1.165) is 29.1 Å². The molecule has 1 fully saturated rings. The molecule has 130 valence electrons. The molecule has 4 nitrogen and oxygen atoms in total. The molecule has 25 heavy (non-hydrogen) atoms. The summed E-state index contributed by atoms with van der Waals surface area (Å²) in [5.74, 6) is 0. The van der Waals surface area contributed by atoms with Gasteiger partial charge in [-0.15, -0.1) is 0 Å². The molecule has 0 spiro atoms. The molecule has 4 rings (SSSR count). The molecule has 4 heteroatoms. The number of anilines is 1. The molecule has 0 amide bonds. The number of hydrogen-bond acceptors (Lipinski definition) is 3. The van der Waals surface area contributed by atoms with Crippen molar-refractivity contribution in [2.24, 2.45) is 0 Å². The van der Waals surface area contributed by atoms with Crippen LogP contribution in [0.25, 0.3) is 16.9 Å². The first-order valence-electron chi connectivity index (χ1n) is 9.26. The van der Waals surface area contributed by atoms with E-state index in [-0.39, 0.29) is 0 Å². The van der Waals surface area contributed by atoms with Crippen LogP contribution in [0.3, 0.4) is 0 Å². The van der Waals surface area contributed by atoms with Crippen LogP contribution < -0.4 is 5.73 Å². The largest absolute Gasteiger partial charge is 0.399 e. The van der Waals surface area contributed by atoms with E-state index in [4.69, 9.17) is 10.7 Å². The van der Waals surface area contributed by atoms with Crippen molar-refractivity contribution < 1.29 is 0 Å². The third-order valence-corrected chi connectivity index (χ3v) is 5.10. The predicted octanol–water partition coefficient (Wildman–Crippen LogP) is 4.27. The molecular weight excluding hydrogens is 308 g/mol. The van der Waals surface area contributed by atoms with Gasteiger partial charge >= 0.3 is 0 Å². The van der Waals surface area contributed by atoms with E-state index >= 15 is 0 Å². The summed E-state index contributed by atoms with van der Waals surface area (Å²) in [5.41, 5.74) is 12.5. The van der Waals surface area contributed by atoms with E-state index in [1.807, 2.05) is 18.2 Å². The topological polar surface area (TPSA) is 46.6 Å². The van der Waals surface area contributed by atoms with E-state index in [0.29, 0.717) is 0 Å². The molecule has 0 aliphatic carbocycles. The first-order valence-corrected chi connectivity index (χ1v) is 9.26. The number of nitrogens with zero attached hydrogens (tertiary/aromatic N) is 3. The first kappa shape index (κ1) is 16.2. The molecule has 1 aliphatic rings. The van der Waals surface area contributed by atoms with Crippen LogP contribution in [-0.2, 0) is 6.54 Å². The second-order valence-corrected chi connectivity index (χ2v) is 7.16. The number of rotatable bonds is 3. The number of fused-ring (bicyclic) bond motifs is 1. The predicted molar refractivity (Wildman–Crippen MR) is 104 cm³/mol. The lowest BCUT2D eigenvalue weighted by Gasteiger charge is -2.20. The lowest BCUT2D eigenvalue weighted by atomic mass is 10.1. The van der Waals surface area contributed by atoms with Crippen molar-refractivity contribution in [2.45, 2.75) is 39.2 Å². The summed E-state index contributed by atoms with van der Waals surface area (Å²) in [6.45, 7) is 5.43. The van der Waals surface area contributed by atoms with Gasteiger partial charge in [0.05, 0.1) is 11.4 Å². The van der Waals surface area contributed by atoms with E-state index in [9.17, 15) is 0 Å². The SMILES string of the molecule is Cc1ccc2nc(-c3cccc(N)c3)c(CN3CCCCCC3)n2c1. The summed E-state index contributed by atoms with van der Waals surface area (Å²) in [7, 11) is 0. The average molecular weight is 334 g/mol. The van der Waals surface area contributed by atoms with Crippen molar-refractivity contribution in [1.82, 2.24) is 14.3 Å². The van der Waals surface area contributed by atoms with Crippen LogP contribution in [0.15, 0.2) is 42.6 Å². The number of benzene rings is 1. The van der Waals surface area contributed by atoms with Gasteiger partial charge in [0.1, 0.15) is 5.65 Å². The standard InChI is InChI=1S/C21H26N4/c1-16-9-10-20-23-21(17-7-6-8-18(22)13-17)19(25(20)14-16)15-24-11-4-2-3-5-12-24/h6-10,13-14H,2-5,11-12,15,22H2,1H3. The Morgan fingerprint density at radius 2 is 1.84 bits per heavy atom. The van der Waals surface area contributed by atoms with Gasteiger partial charge in [-0.2, -0.15) is 0 Å². The number of aromatic nitrogens is 2. The smallest absolute Gasteiger partial charge is 0.137 e. The Morgan fingerprint density at radius 3 is 2.60 bits per heavy atom. The van der Waals surface area contributed by atoms with E-state index < -0.39 is 0 Å². The molecule has 0 saturated carbocycles. The Bertz CT molecular complexity index is 873. The van der Waals surface area contributed by atoms with Gasteiger partial charge in [-0.25, -0.2) is 4.98 Å². The highest BCUT2D eigenvalue weighted by Gasteiger charge is 2.18. The number of imidazole rings is 1. The van der Waals surface area contributed by atoms with E-state index in [1.54, 1.807) is 0 Å². The highest BCUT2D eigenvalue weighted by molar-refractivity contribution is 5.69. The normalized spacial score (nSPS) is 16.2. The fraction of sp³-hybridized carbons (Fsp3) is 0.381. The zero-order valence-corrected chi connectivity index (χ0v) is 14.9. The van der Waals surface area contributed by atoms with Crippen LogP contribution in [0.1, 0.15) is 36.9 Å². The maximum Gasteiger partial charge on any atom is 0.137 e. The Kier molecular flexibility index (Phi) is 4.45. The maximum atomic E-state index is 6.02. The van der Waals surface area contributed by atoms with Crippen molar-refractivity contribution >= 4 is 11.3 Å². The number of likely N-dealkylation sites (tertiary alicyclic amines) is 1. The highest BCUT2D eigenvalue weighted by atomic mass is 15.2. The lowest BCUT2D eigenvalue weighted by molar-refractivity contribution is 0.273. The van der Waals surface area contributed by atoms with E-state index in [2.05, 4.69) is 40.6 Å². The monoisotopic (exact) mass is 334 g/mol. The number of hydrogen-bond donors (Lipinski definition) is 1. The van der Waals surface area contributed by atoms with Crippen molar-refractivity contribution in [1.29, 1.82) is 0 Å². The van der Waals surface area contributed by atoms with Gasteiger partial charge in [0.15, 0.2) is 0 Å². The second kappa shape index (κ2) is 6.89.